The molecule has 39 heavy (non-hydrogen) atoms. The van der Waals surface area contributed by atoms with Gasteiger partial charge in [0, 0.05) is 27.1 Å². The Bertz CT molecular complexity index is 1350. The third-order valence-corrected chi connectivity index (χ3v) is 8.72. The third-order valence-electron chi connectivity index (χ3n) is 6.33. The molecule has 0 spiro atoms. The molecule has 7 nitrogen and oxygen atoms in total. The highest BCUT2D eigenvalue weighted by molar-refractivity contribution is 14.1. The van der Waals surface area contributed by atoms with E-state index in [0.29, 0.717) is 5.69 Å². The summed E-state index contributed by atoms with van der Waals surface area (Å²) in [5.74, 6) is -0.749. The molecule has 0 bridgehead atoms. The van der Waals surface area contributed by atoms with E-state index in [1.165, 1.54) is 4.90 Å². The molecular formula is C29H33BrIN3O4S. The van der Waals surface area contributed by atoms with Gasteiger partial charge in [-0.3, -0.25) is 13.9 Å². The van der Waals surface area contributed by atoms with Crippen LogP contribution in [0.3, 0.4) is 0 Å². The molecule has 2 atom stereocenters. The van der Waals surface area contributed by atoms with Crippen molar-refractivity contribution in [2.75, 3.05) is 17.1 Å². The van der Waals surface area contributed by atoms with Gasteiger partial charge in [-0.15, -0.1) is 0 Å². The molecule has 0 saturated carbocycles. The van der Waals surface area contributed by atoms with Gasteiger partial charge in [0.25, 0.3) is 0 Å². The lowest BCUT2D eigenvalue weighted by molar-refractivity contribution is -0.140. The van der Waals surface area contributed by atoms with Gasteiger partial charge in [-0.2, -0.15) is 0 Å². The van der Waals surface area contributed by atoms with E-state index in [9.17, 15) is 18.0 Å². The van der Waals surface area contributed by atoms with Gasteiger partial charge in [0.2, 0.25) is 21.8 Å². The van der Waals surface area contributed by atoms with Gasteiger partial charge >= 0.3 is 0 Å². The number of rotatable bonds is 12. The van der Waals surface area contributed by atoms with Gasteiger partial charge in [-0.1, -0.05) is 65.3 Å². The van der Waals surface area contributed by atoms with Crippen molar-refractivity contribution in [1.29, 1.82) is 0 Å². The smallest absolute Gasteiger partial charge is 0.244 e. The van der Waals surface area contributed by atoms with Crippen molar-refractivity contribution in [3.05, 3.63) is 98.0 Å². The number of hydrogen-bond donors (Lipinski definition) is 1. The van der Waals surface area contributed by atoms with Crippen molar-refractivity contribution in [3.63, 3.8) is 0 Å². The lowest BCUT2D eigenvalue weighted by atomic mass is 10.0. The van der Waals surface area contributed by atoms with Crippen LogP contribution >= 0.6 is 38.5 Å². The van der Waals surface area contributed by atoms with Crippen LogP contribution in [0, 0.1) is 3.57 Å². The first-order chi connectivity index (χ1) is 18.5. The highest BCUT2D eigenvalue weighted by Gasteiger charge is 2.33. The maximum atomic E-state index is 14.0. The molecule has 3 aromatic carbocycles. The van der Waals surface area contributed by atoms with Crippen LogP contribution in [0.1, 0.15) is 31.4 Å². The lowest BCUT2D eigenvalue weighted by Crippen LogP contribution is -2.54. The van der Waals surface area contributed by atoms with Crippen LogP contribution in [0.25, 0.3) is 0 Å². The fourth-order valence-corrected chi connectivity index (χ4v) is 5.48. The van der Waals surface area contributed by atoms with Crippen molar-refractivity contribution in [2.45, 2.75) is 45.3 Å². The van der Waals surface area contributed by atoms with Crippen LogP contribution in [0.2, 0.25) is 0 Å². The summed E-state index contributed by atoms with van der Waals surface area (Å²) in [5, 5.41) is 3.03. The molecule has 2 amide bonds. The van der Waals surface area contributed by atoms with Gasteiger partial charge in [0.05, 0.1) is 11.9 Å². The third kappa shape index (κ3) is 9.32. The topological polar surface area (TPSA) is 86.8 Å². The normalized spacial score (nSPS) is 12.8. The van der Waals surface area contributed by atoms with E-state index >= 15 is 0 Å². The minimum Gasteiger partial charge on any atom is -0.352 e. The zero-order chi connectivity index (χ0) is 28.6. The van der Waals surface area contributed by atoms with Crippen LogP contribution in [0.4, 0.5) is 5.69 Å². The van der Waals surface area contributed by atoms with Crippen LogP contribution in [0.15, 0.2) is 83.3 Å². The number of amides is 2. The van der Waals surface area contributed by atoms with Crippen LogP contribution in [-0.4, -0.2) is 50.0 Å². The average Bonchev–Trinajstić information content (AvgIpc) is 2.90. The van der Waals surface area contributed by atoms with Crippen LogP contribution in [0.5, 0.6) is 0 Å². The molecule has 10 heteroatoms. The Morgan fingerprint density at radius 2 is 1.56 bits per heavy atom. The predicted molar refractivity (Wildman–Crippen MR) is 168 cm³/mol. The average molecular weight is 726 g/mol. The number of halogens is 2. The highest BCUT2D eigenvalue weighted by atomic mass is 127. The fraction of sp³-hybridized carbons (Fsp3) is 0.310. The van der Waals surface area contributed by atoms with Crippen molar-refractivity contribution in [3.8, 4) is 0 Å². The number of carbonyl (C=O) groups is 2. The summed E-state index contributed by atoms with van der Waals surface area (Å²) in [6.45, 7) is 3.60. The van der Waals surface area contributed by atoms with Gasteiger partial charge < -0.3 is 10.2 Å². The Morgan fingerprint density at radius 3 is 2.13 bits per heavy atom. The highest BCUT2D eigenvalue weighted by Crippen LogP contribution is 2.22. The van der Waals surface area contributed by atoms with E-state index in [4.69, 9.17) is 0 Å². The summed E-state index contributed by atoms with van der Waals surface area (Å²) in [6, 6.07) is 23.0. The summed E-state index contributed by atoms with van der Waals surface area (Å²) in [6.07, 6.45) is 2.10. The van der Waals surface area contributed by atoms with Gasteiger partial charge in [0.15, 0.2) is 0 Å². The molecule has 3 rings (SSSR count). The standard InChI is InChI=1S/C29H33BrIN3O4S/c1-4-21(2)32-29(36)27(18-22-8-6-5-7-9-22)33(19-23-10-12-24(30)13-11-23)28(35)20-34(39(3,37)38)26-16-14-25(31)15-17-26/h5-17,21,27H,4,18-20H2,1-3H3,(H,32,36)/t21-,27+/m0/s1. The SMILES string of the molecule is CC[C@H](C)NC(=O)[C@@H](Cc1ccccc1)N(Cc1ccc(Br)cc1)C(=O)CN(c1ccc(I)cc1)S(C)(=O)=O. The molecule has 208 valence electrons. The van der Waals surface area contributed by atoms with Gasteiger partial charge in [-0.25, -0.2) is 8.42 Å². The summed E-state index contributed by atoms with van der Waals surface area (Å²) >= 11 is 5.58. The van der Waals surface area contributed by atoms with Crippen molar-refractivity contribution < 1.29 is 18.0 Å². The Balaban J connectivity index is 2.04. The van der Waals surface area contributed by atoms with Crippen LogP contribution in [-0.2, 0) is 32.6 Å². The quantitative estimate of drug-likeness (QED) is 0.255. The van der Waals surface area contributed by atoms with Crippen molar-refractivity contribution >= 4 is 66.0 Å². The van der Waals surface area contributed by atoms with E-state index in [-0.39, 0.29) is 24.9 Å². The number of hydrogen-bond acceptors (Lipinski definition) is 4. The summed E-state index contributed by atoms with van der Waals surface area (Å²) < 4.78 is 28.6. The van der Waals surface area contributed by atoms with Crippen molar-refractivity contribution in [1.82, 2.24) is 10.2 Å². The second kappa shape index (κ2) is 14.3. The first-order valence-corrected chi connectivity index (χ1v) is 16.3. The molecule has 0 radical (unpaired) electrons. The van der Waals surface area contributed by atoms with Crippen molar-refractivity contribution in [2.24, 2.45) is 0 Å². The number of carbonyl (C=O) groups excluding carboxylic acids is 2. The first kappa shape index (κ1) is 31.1. The van der Waals surface area contributed by atoms with E-state index in [1.54, 1.807) is 24.3 Å². The zero-order valence-corrected chi connectivity index (χ0v) is 26.7. The minimum absolute atomic E-state index is 0.0836. The summed E-state index contributed by atoms with van der Waals surface area (Å²) in [4.78, 5) is 29.2. The maximum absolute atomic E-state index is 14.0. The molecular weight excluding hydrogens is 693 g/mol. The Morgan fingerprint density at radius 1 is 0.949 bits per heavy atom. The Hall–Kier alpha value is -2.44. The van der Waals surface area contributed by atoms with E-state index < -0.39 is 28.5 Å². The molecule has 0 aliphatic heterocycles. The fourth-order valence-electron chi connectivity index (χ4n) is 4.00. The summed E-state index contributed by atoms with van der Waals surface area (Å²) in [5.41, 5.74) is 2.10. The number of benzene rings is 3. The first-order valence-electron chi connectivity index (χ1n) is 12.6. The lowest BCUT2D eigenvalue weighted by Gasteiger charge is -2.34. The van der Waals surface area contributed by atoms with Gasteiger partial charge in [-0.05, 0) is 83.5 Å². The van der Waals surface area contributed by atoms with E-state index in [0.717, 1.165) is 36.2 Å². The van der Waals surface area contributed by atoms with E-state index in [1.807, 2.05) is 68.4 Å². The van der Waals surface area contributed by atoms with Gasteiger partial charge in [0.1, 0.15) is 12.6 Å². The van der Waals surface area contributed by atoms with E-state index in [2.05, 4.69) is 43.8 Å². The number of sulfonamides is 1. The molecule has 3 aromatic rings. The number of nitrogens with one attached hydrogen (secondary N) is 1. The molecule has 0 unspecified atom stereocenters. The molecule has 0 aliphatic rings. The predicted octanol–water partition coefficient (Wildman–Crippen LogP) is 5.37. The Kier molecular flexibility index (Phi) is 11.4. The Labute approximate surface area is 253 Å². The summed E-state index contributed by atoms with van der Waals surface area (Å²) in [7, 11) is -3.79. The largest absolute Gasteiger partial charge is 0.352 e. The second-order valence-corrected chi connectivity index (χ2v) is 13.5. The monoisotopic (exact) mass is 725 g/mol. The second-order valence-electron chi connectivity index (χ2n) is 9.42. The number of anilines is 1. The molecule has 0 saturated heterocycles. The van der Waals surface area contributed by atoms with Crippen LogP contribution < -0.4 is 9.62 Å². The molecule has 1 N–H and O–H groups in total. The molecule has 0 aliphatic carbocycles. The maximum Gasteiger partial charge on any atom is 0.244 e. The molecule has 0 aromatic heterocycles. The number of nitrogens with zero attached hydrogens (tertiary/aromatic N) is 2. The molecule has 0 heterocycles. The minimum atomic E-state index is -3.79. The molecule has 0 fully saturated rings. The zero-order valence-electron chi connectivity index (χ0n) is 22.2.